The zero-order valence-electron chi connectivity index (χ0n) is 10.2. The van der Waals surface area contributed by atoms with E-state index < -0.39 is 0 Å². The topological polar surface area (TPSA) is 29.1 Å². The van der Waals surface area contributed by atoms with E-state index in [2.05, 4.69) is 5.32 Å². The molecule has 1 aromatic carbocycles. The lowest BCUT2D eigenvalue weighted by atomic mass is 10.2. The van der Waals surface area contributed by atoms with Crippen molar-refractivity contribution in [2.45, 2.75) is 20.8 Å². The Morgan fingerprint density at radius 1 is 1.12 bits per heavy atom. The van der Waals surface area contributed by atoms with Gasteiger partial charge in [-0.3, -0.25) is 4.79 Å². The molecule has 0 radical (unpaired) electrons. The molecule has 2 aromatic rings. The van der Waals surface area contributed by atoms with Gasteiger partial charge in [-0.2, -0.15) is 0 Å². The summed E-state index contributed by atoms with van der Waals surface area (Å²) in [5.74, 6) is -0.0237. The summed E-state index contributed by atoms with van der Waals surface area (Å²) in [7, 11) is 0. The fourth-order valence-electron chi connectivity index (χ4n) is 1.69. The molecule has 88 valence electrons. The number of hydrogen-bond acceptors (Lipinski definition) is 2. The lowest BCUT2D eigenvalue weighted by Gasteiger charge is -2.04. The van der Waals surface area contributed by atoms with E-state index in [1.807, 2.05) is 51.1 Å². The molecule has 3 heteroatoms. The van der Waals surface area contributed by atoms with Gasteiger partial charge in [0.15, 0.2) is 0 Å². The fourth-order valence-corrected chi connectivity index (χ4v) is 2.61. The van der Waals surface area contributed by atoms with Crippen molar-refractivity contribution in [1.82, 2.24) is 0 Å². The molecular formula is C14H15NOS. The van der Waals surface area contributed by atoms with Gasteiger partial charge in [0, 0.05) is 10.6 Å². The molecule has 1 amide bonds. The predicted molar refractivity (Wildman–Crippen MR) is 72.9 cm³/mol. The first-order valence-corrected chi connectivity index (χ1v) is 6.33. The summed E-state index contributed by atoms with van der Waals surface area (Å²) in [5, 5.41) is 2.91. The lowest BCUT2D eigenvalue weighted by molar-refractivity contribution is 0.103. The molecule has 17 heavy (non-hydrogen) atoms. The Bertz CT molecular complexity index is 540. The first kappa shape index (κ1) is 11.9. The minimum atomic E-state index is -0.0237. The highest BCUT2D eigenvalue weighted by molar-refractivity contribution is 7.14. The van der Waals surface area contributed by atoms with Crippen LogP contribution in [0, 0.1) is 20.8 Å². The molecule has 2 nitrogen and oxygen atoms in total. The second-order valence-electron chi connectivity index (χ2n) is 4.19. The van der Waals surface area contributed by atoms with E-state index in [4.69, 9.17) is 0 Å². The summed E-state index contributed by atoms with van der Waals surface area (Å²) in [6.07, 6.45) is 0. The van der Waals surface area contributed by atoms with Crippen molar-refractivity contribution in [3.63, 3.8) is 0 Å². The van der Waals surface area contributed by atoms with Crippen molar-refractivity contribution in [3.05, 3.63) is 51.2 Å². The molecule has 0 unspecified atom stereocenters. The maximum atomic E-state index is 12.0. The first-order chi connectivity index (χ1) is 8.06. The summed E-state index contributed by atoms with van der Waals surface area (Å²) in [4.78, 5) is 14.0. The molecule has 1 heterocycles. The van der Waals surface area contributed by atoms with E-state index in [1.165, 1.54) is 16.9 Å². The zero-order chi connectivity index (χ0) is 12.4. The van der Waals surface area contributed by atoms with Crippen LogP contribution < -0.4 is 5.32 Å². The van der Waals surface area contributed by atoms with Gasteiger partial charge in [-0.1, -0.05) is 17.7 Å². The maximum absolute atomic E-state index is 12.0. The van der Waals surface area contributed by atoms with Crippen LogP contribution in [0.25, 0.3) is 0 Å². The molecular weight excluding hydrogens is 230 g/mol. The van der Waals surface area contributed by atoms with Crippen molar-refractivity contribution in [1.29, 1.82) is 0 Å². The highest BCUT2D eigenvalue weighted by atomic mass is 32.1. The van der Waals surface area contributed by atoms with Gasteiger partial charge in [0.05, 0.1) is 4.88 Å². The van der Waals surface area contributed by atoms with E-state index in [0.29, 0.717) is 0 Å². The molecule has 0 aliphatic carbocycles. The van der Waals surface area contributed by atoms with Crippen LogP contribution in [-0.4, -0.2) is 5.91 Å². The normalized spacial score (nSPS) is 10.3. The standard InChI is InChI=1S/C14H15NOS/c1-9-4-6-12(7-5-9)15-14(16)13-10(2)8-11(3)17-13/h4-8H,1-3H3,(H,15,16). The Hall–Kier alpha value is -1.61. The van der Waals surface area contributed by atoms with Crippen LogP contribution in [-0.2, 0) is 0 Å². The number of carbonyl (C=O) groups is 1. The molecule has 2 rings (SSSR count). The van der Waals surface area contributed by atoms with Crippen molar-refractivity contribution >= 4 is 22.9 Å². The molecule has 1 aromatic heterocycles. The highest BCUT2D eigenvalue weighted by Gasteiger charge is 2.12. The molecule has 0 saturated heterocycles. The summed E-state index contributed by atoms with van der Waals surface area (Å²) < 4.78 is 0. The van der Waals surface area contributed by atoms with E-state index in [1.54, 1.807) is 0 Å². The SMILES string of the molecule is Cc1ccc(NC(=O)c2sc(C)cc2C)cc1. The van der Waals surface area contributed by atoms with Gasteiger partial charge < -0.3 is 5.32 Å². The minimum Gasteiger partial charge on any atom is -0.321 e. The molecule has 1 N–H and O–H groups in total. The number of thiophene rings is 1. The molecule has 0 aliphatic heterocycles. The van der Waals surface area contributed by atoms with Crippen LogP contribution in [0.15, 0.2) is 30.3 Å². The van der Waals surface area contributed by atoms with Gasteiger partial charge in [-0.05, 0) is 44.5 Å². The molecule has 0 saturated carbocycles. The van der Waals surface area contributed by atoms with E-state index in [0.717, 1.165) is 21.0 Å². The van der Waals surface area contributed by atoms with Crippen LogP contribution >= 0.6 is 11.3 Å². The van der Waals surface area contributed by atoms with Gasteiger partial charge in [-0.15, -0.1) is 11.3 Å². The average Bonchev–Trinajstić information content (AvgIpc) is 2.61. The Morgan fingerprint density at radius 2 is 1.76 bits per heavy atom. The minimum absolute atomic E-state index is 0.0237. The summed E-state index contributed by atoms with van der Waals surface area (Å²) >= 11 is 1.53. The number of anilines is 1. The van der Waals surface area contributed by atoms with Crippen LogP contribution in [0.4, 0.5) is 5.69 Å². The maximum Gasteiger partial charge on any atom is 0.266 e. The monoisotopic (exact) mass is 245 g/mol. The molecule has 0 aliphatic rings. The summed E-state index contributed by atoms with van der Waals surface area (Å²) in [6, 6.07) is 9.85. The van der Waals surface area contributed by atoms with Crippen LogP contribution in [0.1, 0.15) is 25.7 Å². The second-order valence-corrected chi connectivity index (χ2v) is 5.45. The van der Waals surface area contributed by atoms with Gasteiger partial charge in [-0.25, -0.2) is 0 Å². The van der Waals surface area contributed by atoms with Crippen LogP contribution in [0.5, 0.6) is 0 Å². The number of nitrogens with one attached hydrogen (secondary N) is 1. The smallest absolute Gasteiger partial charge is 0.266 e. The molecule has 0 bridgehead atoms. The van der Waals surface area contributed by atoms with Gasteiger partial charge in [0.1, 0.15) is 0 Å². The van der Waals surface area contributed by atoms with E-state index >= 15 is 0 Å². The largest absolute Gasteiger partial charge is 0.321 e. The third-order valence-corrected chi connectivity index (χ3v) is 3.71. The van der Waals surface area contributed by atoms with Crippen molar-refractivity contribution in [2.75, 3.05) is 5.32 Å². The van der Waals surface area contributed by atoms with Gasteiger partial charge in [0.25, 0.3) is 5.91 Å². The number of carbonyl (C=O) groups excluding carboxylic acids is 1. The van der Waals surface area contributed by atoms with Crippen molar-refractivity contribution in [2.24, 2.45) is 0 Å². The van der Waals surface area contributed by atoms with Gasteiger partial charge >= 0.3 is 0 Å². The highest BCUT2D eigenvalue weighted by Crippen LogP contribution is 2.22. The number of benzene rings is 1. The number of amides is 1. The number of hydrogen-bond donors (Lipinski definition) is 1. The van der Waals surface area contributed by atoms with Crippen molar-refractivity contribution < 1.29 is 4.79 Å². The second kappa shape index (κ2) is 4.72. The summed E-state index contributed by atoms with van der Waals surface area (Å²) in [6.45, 7) is 6.01. The molecule has 0 spiro atoms. The number of rotatable bonds is 2. The molecule has 0 atom stereocenters. The first-order valence-electron chi connectivity index (χ1n) is 5.51. The Kier molecular flexibility index (Phi) is 3.29. The average molecular weight is 245 g/mol. The van der Waals surface area contributed by atoms with E-state index in [-0.39, 0.29) is 5.91 Å². The third kappa shape index (κ3) is 2.74. The zero-order valence-corrected chi connectivity index (χ0v) is 11.0. The molecule has 0 fully saturated rings. The van der Waals surface area contributed by atoms with Gasteiger partial charge in [0.2, 0.25) is 0 Å². The van der Waals surface area contributed by atoms with Crippen LogP contribution in [0.2, 0.25) is 0 Å². The van der Waals surface area contributed by atoms with Crippen molar-refractivity contribution in [3.8, 4) is 0 Å². The quantitative estimate of drug-likeness (QED) is 0.853. The Morgan fingerprint density at radius 3 is 2.29 bits per heavy atom. The fraction of sp³-hybridized carbons (Fsp3) is 0.214. The summed E-state index contributed by atoms with van der Waals surface area (Å²) in [5.41, 5.74) is 3.06. The number of aryl methyl sites for hydroxylation is 3. The Balaban J connectivity index is 2.17. The van der Waals surface area contributed by atoms with E-state index in [9.17, 15) is 4.79 Å². The van der Waals surface area contributed by atoms with Crippen LogP contribution in [0.3, 0.4) is 0 Å². The Labute approximate surface area is 105 Å². The third-order valence-electron chi connectivity index (χ3n) is 2.56. The lowest BCUT2D eigenvalue weighted by Crippen LogP contribution is -2.11. The predicted octanol–water partition coefficient (Wildman–Crippen LogP) is 3.93.